The summed E-state index contributed by atoms with van der Waals surface area (Å²) in [5, 5.41) is 16.7. The number of rotatable bonds is 2. The summed E-state index contributed by atoms with van der Waals surface area (Å²) >= 11 is 0. The van der Waals surface area contributed by atoms with Gasteiger partial charge in [-0.25, -0.2) is 22.0 Å². The number of halogens is 5. The van der Waals surface area contributed by atoms with E-state index >= 15 is 0 Å². The van der Waals surface area contributed by atoms with E-state index in [4.69, 9.17) is 10.0 Å². The smallest absolute Gasteiger partial charge is 0.423 e. The van der Waals surface area contributed by atoms with Crippen molar-refractivity contribution in [2.75, 3.05) is 19.0 Å². The molecule has 124 valence electrons. The van der Waals surface area contributed by atoms with E-state index in [2.05, 4.69) is 17.0 Å². The Morgan fingerprint density at radius 1 is 0.739 bits per heavy atom. The van der Waals surface area contributed by atoms with Crippen LogP contribution in [-0.4, -0.2) is 31.3 Å². The Bertz CT molecular complexity index is 639. The van der Waals surface area contributed by atoms with Gasteiger partial charge in [0.15, 0.2) is 29.1 Å². The lowest BCUT2D eigenvalue weighted by molar-refractivity contribution is 0.373. The molecule has 0 bridgehead atoms. The maximum Gasteiger partial charge on any atom is 0.494 e. The number of hydrogen-bond donors (Lipinski definition) is 2. The van der Waals surface area contributed by atoms with Gasteiger partial charge in [-0.1, -0.05) is 18.2 Å². The summed E-state index contributed by atoms with van der Waals surface area (Å²) in [7, 11) is 1.31. The predicted molar refractivity (Wildman–Crippen MR) is 76.8 cm³/mol. The molecule has 0 fully saturated rings. The third-order valence-corrected chi connectivity index (χ3v) is 2.77. The zero-order valence-electron chi connectivity index (χ0n) is 12.2. The van der Waals surface area contributed by atoms with E-state index in [1.165, 1.54) is 5.69 Å². The summed E-state index contributed by atoms with van der Waals surface area (Å²) < 4.78 is 62.4. The molecular weight excluding hydrogens is 320 g/mol. The number of para-hydroxylation sites is 1. The molecule has 0 saturated heterocycles. The van der Waals surface area contributed by atoms with Crippen molar-refractivity contribution in [2.24, 2.45) is 0 Å². The second kappa shape index (κ2) is 7.93. The van der Waals surface area contributed by atoms with Gasteiger partial charge in [0, 0.05) is 19.8 Å². The first-order valence-corrected chi connectivity index (χ1v) is 6.28. The lowest BCUT2D eigenvalue weighted by atomic mass is 9.79. The number of hydrogen-bond acceptors (Lipinski definition) is 3. The fraction of sp³-hybridized carbons (Fsp3) is 0.143. The van der Waals surface area contributed by atoms with Crippen molar-refractivity contribution in [1.82, 2.24) is 0 Å². The van der Waals surface area contributed by atoms with Gasteiger partial charge in [0.25, 0.3) is 0 Å². The monoisotopic (exact) mass is 333 g/mol. The van der Waals surface area contributed by atoms with Crippen LogP contribution in [0.5, 0.6) is 0 Å². The molecule has 0 aliphatic rings. The molecule has 9 heteroatoms. The van der Waals surface area contributed by atoms with Crippen LogP contribution in [0, 0.1) is 29.1 Å². The first-order chi connectivity index (χ1) is 10.7. The van der Waals surface area contributed by atoms with Crippen LogP contribution in [0.4, 0.5) is 27.6 Å². The molecule has 0 heterocycles. The van der Waals surface area contributed by atoms with Gasteiger partial charge in [-0.3, -0.25) is 0 Å². The van der Waals surface area contributed by atoms with E-state index in [1.807, 2.05) is 32.3 Å². The van der Waals surface area contributed by atoms with Crippen LogP contribution in [-0.2, 0) is 0 Å². The fourth-order valence-electron chi connectivity index (χ4n) is 1.57. The highest BCUT2D eigenvalue weighted by molar-refractivity contribution is 6.58. The van der Waals surface area contributed by atoms with Crippen LogP contribution in [0.2, 0.25) is 0 Å². The molecule has 0 atom stereocenters. The van der Waals surface area contributed by atoms with Crippen LogP contribution in [0.15, 0.2) is 30.3 Å². The summed E-state index contributed by atoms with van der Waals surface area (Å²) in [5.74, 6) is -11.3. The Balaban J connectivity index is 0.000000253. The van der Waals surface area contributed by atoms with Gasteiger partial charge < -0.3 is 14.9 Å². The van der Waals surface area contributed by atoms with Crippen molar-refractivity contribution in [3.8, 4) is 0 Å². The topological polar surface area (TPSA) is 43.7 Å². The van der Waals surface area contributed by atoms with Gasteiger partial charge in [-0.05, 0) is 12.1 Å². The van der Waals surface area contributed by atoms with Crippen molar-refractivity contribution < 1.29 is 32.0 Å². The highest BCUT2D eigenvalue weighted by Crippen LogP contribution is 2.16. The molecule has 0 saturated carbocycles. The van der Waals surface area contributed by atoms with E-state index in [1.54, 1.807) is 0 Å². The zero-order valence-corrected chi connectivity index (χ0v) is 12.2. The van der Waals surface area contributed by atoms with Gasteiger partial charge in [0.05, 0.1) is 5.46 Å². The molecule has 0 aliphatic heterocycles. The van der Waals surface area contributed by atoms with Crippen molar-refractivity contribution >= 4 is 18.3 Å². The van der Waals surface area contributed by atoms with E-state index in [9.17, 15) is 22.0 Å². The average Bonchev–Trinajstić information content (AvgIpc) is 2.52. The summed E-state index contributed by atoms with van der Waals surface area (Å²) in [5.41, 5.74) is -0.418. The molecule has 2 rings (SSSR count). The normalized spacial score (nSPS) is 9.96. The maximum atomic E-state index is 12.6. The second-order valence-corrected chi connectivity index (χ2v) is 4.59. The maximum absolute atomic E-state index is 12.6. The lowest BCUT2D eigenvalue weighted by Gasteiger charge is -2.10. The standard InChI is InChI=1S/C8H11N.C6H2BF5O2/c1-9(2)8-6-4-3-5-7-8;8-2-1(7(13)14)3(9)5(11)6(12)4(2)10/h3-7H,1-2H3;13-14H. The van der Waals surface area contributed by atoms with Crippen LogP contribution in [0.1, 0.15) is 0 Å². The third-order valence-electron chi connectivity index (χ3n) is 2.77. The molecule has 0 unspecified atom stereocenters. The predicted octanol–water partition coefficient (Wildman–Crippen LogP) is 1.81. The highest BCUT2D eigenvalue weighted by Gasteiger charge is 2.31. The van der Waals surface area contributed by atoms with Crippen molar-refractivity contribution in [3.63, 3.8) is 0 Å². The van der Waals surface area contributed by atoms with Gasteiger partial charge in [0.1, 0.15) is 0 Å². The van der Waals surface area contributed by atoms with Gasteiger partial charge in [-0.15, -0.1) is 0 Å². The quantitative estimate of drug-likeness (QED) is 0.381. The highest BCUT2D eigenvalue weighted by atomic mass is 19.2. The van der Waals surface area contributed by atoms with Gasteiger partial charge in [-0.2, -0.15) is 0 Å². The molecule has 0 radical (unpaired) electrons. The zero-order chi connectivity index (χ0) is 17.7. The Labute approximate surface area is 129 Å². The van der Waals surface area contributed by atoms with Crippen molar-refractivity contribution in [2.45, 2.75) is 0 Å². The fourth-order valence-corrected chi connectivity index (χ4v) is 1.57. The van der Waals surface area contributed by atoms with Crippen LogP contribution < -0.4 is 10.4 Å². The summed E-state index contributed by atoms with van der Waals surface area (Å²) in [6, 6.07) is 10.3. The molecule has 2 aromatic rings. The van der Waals surface area contributed by atoms with Gasteiger partial charge in [0.2, 0.25) is 0 Å². The Kier molecular flexibility index (Phi) is 6.53. The van der Waals surface area contributed by atoms with E-state index in [0.717, 1.165) is 0 Å². The minimum atomic E-state index is -2.76. The molecule has 0 spiro atoms. The van der Waals surface area contributed by atoms with Crippen LogP contribution >= 0.6 is 0 Å². The minimum absolute atomic E-state index is 1.25. The van der Waals surface area contributed by atoms with E-state index in [-0.39, 0.29) is 0 Å². The number of benzene rings is 2. The minimum Gasteiger partial charge on any atom is -0.423 e. The Morgan fingerprint density at radius 3 is 1.43 bits per heavy atom. The van der Waals surface area contributed by atoms with Crippen molar-refractivity contribution in [3.05, 3.63) is 59.4 Å². The lowest BCUT2D eigenvalue weighted by Crippen LogP contribution is -2.38. The summed E-state index contributed by atoms with van der Waals surface area (Å²) in [6.07, 6.45) is 0. The first kappa shape index (κ1) is 18.9. The van der Waals surface area contributed by atoms with E-state index < -0.39 is 41.7 Å². The SMILES string of the molecule is CN(C)c1ccccc1.OB(O)c1c(F)c(F)c(F)c(F)c1F. The molecule has 2 N–H and O–H groups in total. The second-order valence-electron chi connectivity index (χ2n) is 4.59. The van der Waals surface area contributed by atoms with Gasteiger partial charge >= 0.3 is 7.12 Å². The van der Waals surface area contributed by atoms with Crippen molar-refractivity contribution in [1.29, 1.82) is 0 Å². The number of anilines is 1. The molecule has 0 amide bonds. The Morgan fingerprint density at radius 2 is 1.13 bits per heavy atom. The average molecular weight is 333 g/mol. The molecule has 0 aliphatic carbocycles. The summed E-state index contributed by atoms with van der Waals surface area (Å²) in [4.78, 5) is 2.08. The molecule has 0 aromatic heterocycles. The third kappa shape index (κ3) is 4.43. The molecule has 3 nitrogen and oxygen atoms in total. The van der Waals surface area contributed by atoms with Crippen LogP contribution in [0.25, 0.3) is 0 Å². The molecule has 2 aromatic carbocycles. The Hall–Kier alpha value is -2.13. The molecular formula is C14H13BF5NO2. The molecule has 23 heavy (non-hydrogen) atoms. The van der Waals surface area contributed by atoms with Crippen LogP contribution in [0.3, 0.4) is 0 Å². The largest absolute Gasteiger partial charge is 0.494 e. The summed E-state index contributed by atoms with van der Waals surface area (Å²) in [6.45, 7) is 0. The first-order valence-electron chi connectivity index (χ1n) is 6.28. The number of nitrogens with zero attached hydrogens (tertiary/aromatic N) is 1. The van der Waals surface area contributed by atoms with E-state index in [0.29, 0.717) is 0 Å².